The van der Waals surface area contributed by atoms with E-state index in [1.165, 1.54) is 5.56 Å². The molecule has 0 radical (unpaired) electrons. The van der Waals surface area contributed by atoms with Gasteiger partial charge < -0.3 is 10.5 Å². The molecule has 0 saturated heterocycles. The Morgan fingerprint density at radius 1 is 1.10 bits per heavy atom. The maximum absolute atomic E-state index is 6.09. The smallest absolute Gasteiger partial charge is 0.147 e. The fourth-order valence-corrected chi connectivity index (χ4v) is 2.16. The molecular weight excluding hydrogens is 293 g/mol. The molecule has 0 aromatic heterocycles. The number of halogens is 2. The zero-order valence-corrected chi connectivity index (χ0v) is 12.8. The number of benzene rings is 2. The van der Waals surface area contributed by atoms with Gasteiger partial charge in [0.25, 0.3) is 0 Å². The molecule has 1 atom stereocenters. The highest BCUT2D eigenvalue weighted by atomic mass is 35.5. The van der Waals surface area contributed by atoms with Crippen LogP contribution in [0, 0.1) is 0 Å². The molecule has 2 rings (SSSR count). The lowest BCUT2D eigenvalue weighted by Crippen LogP contribution is -2.21. The summed E-state index contributed by atoms with van der Waals surface area (Å²) in [5.41, 5.74) is 7.14. The summed E-state index contributed by atoms with van der Waals surface area (Å²) in [5.74, 6) is 1.28. The molecular formula is C16H17Cl2NO. The van der Waals surface area contributed by atoms with Crippen molar-refractivity contribution in [3.05, 3.63) is 58.1 Å². The summed E-state index contributed by atoms with van der Waals surface area (Å²) in [6.07, 6.45) is 1.84. The van der Waals surface area contributed by atoms with Gasteiger partial charge in [0.1, 0.15) is 16.5 Å². The number of ether oxygens (including phenoxy) is 1. The highest BCUT2D eigenvalue weighted by molar-refractivity contribution is 6.42. The fraction of sp³-hybridized carbons (Fsp3) is 0.250. The molecule has 2 nitrogen and oxygen atoms in total. The molecule has 4 heteroatoms. The van der Waals surface area contributed by atoms with E-state index >= 15 is 0 Å². The standard InChI is InChI=1S/C16H17Cl2NO/c1-2-12(19)10-11-6-8-13(9-7-11)20-15-5-3-4-14(17)16(15)18/h3-9,12H,2,10,19H2,1H3. The Balaban J connectivity index is 2.09. The van der Waals surface area contributed by atoms with Crippen LogP contribution in [0.5, 0.6) is 11.5 Å². The predicted octanol–water partition coefficient (Wildman–Crippen LogP) is 5.07. The second-order valence-electron chi connectivity index (χ2n) is 4.67. The van der Waals surface area contributed by atoms with Crippen LogP contribution in [0.3, 0.4) is 0 Å². The van der Waals surface area contributed by atoms with Gasteiger partial charge in [0, 0.05) is 6.04 Å². The second kappa shape index (κ2) is 6.98. The summed E-state index contributed by atoms with van der Waals surface area (Å²) in [6.45, 7) is 2.09. The molecule has 20 heavy (non-hydrogen) atoms. The van der Waals surface area contributed by atoms with Crippen molar-refractivity contribution in [2.75, 3.05) is 0 Å². The molecule has 0 heterocycles. The van der Waals surface area contributed by atoms with Gasteiger partial charge in [-0.1, -0.05) is 48.3 Å². The minimum absolute atomic E-state index is 0.198. The molecule has 1 unspecified atom stereocenters. The van der Waals surface area contributed by atoms with Crippen molar-refractivity contribution in [1.82, 2.24) is 0 Å². The average molecular weight is 310 g/mol. The second-order valence-corrected chi connectivity index (χ2v) is 5.46. The summed E-state index contributed by atoms with van der Waals surface area (Å²) >= 11 is 12.0. The third-order valence-corrected chi connectivity index (χ3v) is 3.89. The molecule has 0 saturated carbocycles. The predicted molar refractivity (Wildman–Crippen MR) is 84.9 cm³/mol. The van der Waals surface area contributed by atoms with E-state index in [9.17, 15) is 0 Å². The van der Waals surface area contributed by atoms with E-state index in [1.54, 1.807) is 18.2 Å². The number of nitrogens with two attached hydrogens (primary N) is 1. The molecule has 0 fully saturated rings. The van der Waals surface area contributed by atoms with Gasteiger partial charge in [0.2, 0.25) is 0 Å². The molecule has 106 valence electrons. The van der Waals surface area contributed by atoms with E-state index in [0.717, 1.165) is 18.6 Å². The van der Waals surface area contributed by atoms with Gasteiger partial charge in [0.05, 0.1) is 5.02 Å². The summed E-state index contributed by atoms with van der Waals surface area (Å²) in [4.78, 5) is 0. The average Bonchev–Trinajstić information content (AvgIpc) is 2.46. The van der Waals surface area contributed by atoms with Gasteiger partial charge in [-0.3, -0.25) is 0 Å². The monoisotopic (exact) mass is 309 g/mol. The normalized spacial score (nSPS) is 12.2. The largest absolute Gasteiger partial charge is 0.456 e. The molecule has 0 bridgehead atoms. The first-order valence-electron chi connectivity index (χ1n) is 6.56. The highest BCUT2D eigenvalue weighted by Gasteiger charge is 2.07. The number of hydrogen-bond donors (Lipinski definition) is 1. The van der Waals surface area contributed by atoms with Crippen molar-refractivity contribution in [1.29, 1.82) is 0 Å². The van der Waals surface area contributed by atoms with E-state index in [-0.39, 0.29) is 6.04 Å². The van der Waals surface area contributed by atoms with Gasteiger partial charge in [-0.25, -0.2) is 0 Å². The van der Waals surface area contributed by atoms with Crippen LogP contribution in [0.1, 0.15) is 18.9 Å². The van der Waals surface area contributed by atoms with Crippen LogP contribution < -0.4 is 10.5 Å². The number of hydrogen-bond acceptors (Lipinski definition) is 2. The molecule has 2 aromatic carbocycles. The Bertz CT molecular complexity index is 569. The minimum atomic E-state index is 0.198. The van der Waals surface area contributed by atoms with Gasteiger partial charge in [0.15, 0.2) is 0 Å². The zero-order chi connectivity index (χ0) is 14.5. The fourth-order valence-electron chi connectivity index (χ4n) is 1.83. The van der Waals surface area contributed by atoms with Crippen molar-refractivity contribution in [2.24, 2.45) is 5.73 Å². The molecule has 0 aliphatic carbocycles. The van der Waals surface area contributed by atoms with Crippen LogP contribution in [0.15, 0.2) is 42.5 Å². The Hall–Kier alpha value is -1.22. The summed E-state index contributed by atoms with van der Waals surface area (Å²) in [6, 6.07) is 13.4. The van der Waals surface area contributed by atoms with Gasteiger partial charge in [-0.05, 0) is 42.7 Å². The maximum Gasteiger partial charge on any atom is 0.147 e. The van der Waals surface area contributed by atoms with Crippen LogP contribution in [-0.2, 0) is 6.42 Å². The van der Waals surface area contributed by atoms with Crippen LogP contribution in [0.2, 0.25) is 10.0 Å². The molecule has 2 aromatic rings. The van der Waals surface area contributed by atoms with E-state index in [2.05, 4.69) is 6.92 Å². The molecule has 0 amide bonds. The third-order valence-electron chi connectivity index (χ3n) is 3.09. The molecule has 0 aliphatic heterocycles. The lowest BCUT2D eigenvalue weighted by Gasteiger charge is -2.11. The first kappa shape index (κ1) is 15.2. The number of rotatable bonds is 5. The first-order valence-corrected chi connectivity index (χ1v) is 7.32. The Kier molecular flexibility index (Phi) is 5.30. The maximum atomic E-state index is 6.09. The first-order chi connectivity index (χ1) is 9.60. The van der Waals surface area contributed by atoms with Crippen molar-refractivity contribution >= 4 is 23.2 Å². The van der Waals surface area contributed by atoms with Crippen molar-refractivity contribution < 1.29 is 4.74 Å². The van der Waals surface area contributed by atoms with Gasteiger partial charge in [-0.2, -0.15) is 0 Å². The van der Waals surface area contributed by atoms with Crippen molar-refractivity contribution in [3.63, 3.8) is 0 Å². The topological polar surface area (TPSA) is 35.2 Å². The lowest BCUT2D eigenvalue weighted by molar-refractivity contribution is 0.482. The van der Waals surface area contributed by atoms with Crippen LogP contribution in [-0.4, -0.2) is 6.04 Å². The molecule has 0 spiro atoms. The van der Waals surface area contributed by atoms with Crippen LogP contribution in [0.4, 0.5) is 0 Å². The van der Waals surface area contributed by atoms with E-state index in [1.807, 2.05) is 24.3 Å². The third kappa shape index (κ3) is 3.89. The molecule has 2 N–H and O–H groups in total. The Morgan fingerprint density at radius 3 is 2.45 bits per heavy atom. The Labute approximate surface area is 129 Å². The summed E-state index contributed by atoms with van der Waals surface area (Å²) < 4.78 is 5.73. The van der Waals surface area contributed by atoms with E-state index < -0.39 is 0 Å². The lowest BCUT2D eigenvalue weighted by atomic mass is 10.0. The van der Waals surface area contributed by atoms with Crippen molar-refractivity contribution in [2.45, 2.75) is 25.8 Å². The van der Waals surface area contributed by atoms with E-state index in [4.69, 9.17) is 33.7 Å². The minimum Gasteiger partial charge on any atom is -0.456 e. The SMILES string of the molecule is CCC(N)Cc1ccc(Oc2cccc(Cl)c2Cl)cc1. The Morgan fingerprint density at radius 2 is 1.80 bits per heavy atom. The summed E-state index contributed by atoms with van der Waals surface area (Å²) in [7, 11) is 0. The summed E-state index contributed by atoms with van der Waals surface area (Å²) in [5, 5.41) is 0.904. The van der Waals surface area contributed by atoms with Gasteiger partial charge >= 0.3 is 0 Å². The quantitative estimate of drug-likeness (QED) is 0.837. The van der Waals surface area contributed by atoms with E-state index in [0.29, 0.717) is 15.8 Å². The van der Waals surface area contributed by atoms with Crippen LogP contribution in [0.25, 0.3) is 0 Å². The zero-order valence-electron chi connectivity index (χ0n) is 11.3. The van der Waals surface area contributed by atoms with Crippen molar-refractivity contribution in [3.8, 4) is 11.5 Å². The highest BCUT2D eigenvalue weighted by Crippen LogP contribution is 2.34. The molecule has 0 aliphatic rings. The van der Waals surface area contributed by atoms with Crippen LogP contribution >= 0.6 is 23.2 Å². The van der Waals surface area contributed by atoms with Gasteiger partial charge in [-0.15, -0.1) is 0 Å².